The Bertz CT molecular complexity index is 800. The molecule has 2 N–H and O–H groups in total. The number of carbonyl (C=O) groups excluding carboxylic acids is 1. The van der Waals surface area contributed by atoms with E-state index in [2.05, 4.69) is 21.4 Å². The number of phenols is 1. The zero-order valence-corrected chi connectivity index (χ0v) is 15.5. The van der Waals surface area contributed by atoms with Gasteiger partial charge in [-0.05, 0) is 29.7 Å². The van der Waals surface area contributed by atoms with E-state index < -0.39 is 0 Å². The van der Waals surface area contributed by atoms with Crippen molar-refractivity contribution in [3.05, 3.63) is 47.7 Å². The van der Waals surface area contributed by atoms with Crippen molar-refractivity contribution in [1.82, 2.24) is 10.1 Å². The number of benzene rings is 1. The molecule has 6 nitrogen and oxygen atoms in total. The molecular formula is C20H25N3O3. The van der Waals surface area contributed by atoms with Gasteiger partial charge in [-0.1, -0.05) is 44.1 Å². The van der Waals surface area contributed by atoms with Gasteiger partial charge >= 0.3 is 0 Å². The maximum atomic E-state index is 12.2. The topological polar surface area (TPSA) is 78.6 Å². The number of nitrogens with zero attached hydrogens (tertiary/aromatic N) is 2. The lowest BCUT2D eigenvalue weighted by Gasteiger charge is -2.25. The number of phenolic OH excluding ortho intramolecular Hbond substituents is 1. The summed E-state index contributed by atoms with van der Waals surface area (Å²) in [6, 6.07) is 9.00. The lowest BCUT2D eigenvalue weighted by Crippen LogP contribution is -2.36. The van der Waals surface area contributed by atoms with E-state index in [1.165, 1.54) is 5.57 Å². The Hall–Kier alpha value is -2.60. The normalized spacial score (nSPS) is 15.6. The number of aromatic nitrogens is 1. The van der Waals surface area contributed by atoms with E-state index in [0.29, 0.717) is 19.0 Å². The van der Waals surface area contributed by atoms with Crippen LogP contribution in [0.25, 0.3) is 5.57 Å². The molecule has 0 unspecified atom stereocenters. The van der Waals surface area contributed by atoms with E-state index >= 15 is 0 Å². The lowest BCUT2D eigenvalue weighted by atomic mass is 9.92. The molecule has 1 aliphatic rings. The fourth-order valence-electron chi connectivity index (χ4n) is 2.86. The number of carbonyl (C=O) groups is 1. The molecular weight excluding hydrogens is 330 g/mol. The second-order valence-electron chi connectivity index (χ2n) is 7.64. The van der Waals surface area contributed by atoms with Crippen molar-refractivity contribution >= 4 is 17.4 Å². The number of hydrogen-bond acceptors (Lipinski definition) is 5. The monoisotopic (exact) mass is 355 g/mol. The van der Waals surface area contributed by atoms with Gasteiger partial charge in [0.2, 0.25) is 11.8 Å². The van der Waals surface area contributed by atoms with Gasteiger partial charge in [0.1, 0.15) is 5.75 Å². The first kappa shape index (κ1) is 18.2. The highest BCUT2D eigenvalue weighted by atomic mass is 16.5. The molecule has 0 spiro atoms. The average Bonchev–Trinajstić information content (AvgIpc) is 3.05. The van der Waals surface area contributed by atoms with E-state index in [1.54, 1.807) is 18.2 Å². The fourth-order valence-corrected chi connectivity index (χ4v) is 2.86. The zero-order chi connectivity index (χ0) is 18.7. The van der Waals surface area contributed by atoms with Crippen molar-refractivity contribution in [3.8, 4) is 5.75 Å². The van der Waals surface area contributed by atoms with E-state index in [0.717, 1.165) is 24.2 Å². The number of anilines is 1. The van der Waals surface area contributed by atoms with Crippen molar-refractivity contribution in [2.45, 2.75) is 32.6 Å². The minimum Gasteiger partial charge on any atom is -0.508 e. The van der Waals surface area contributed by atoms with Gasteiger partial charge in [0.05, 0.1) is 12.2 Å². The Labute approximate surface area is 153 Å². The molecule has 0 atom stereocenters. The molecule has 26 heavy (non-hydrogen) atoms. The number of nitrogens with one attached hydrogen (secondary N) is 1. The van der Waals surface area contributed by atoms with Crippen molar-refractivity contribution in [3.63, 3.8) is 0 Å². The molecule has 1 aromatic carbocycles. The maximum absolute atomic E-state index is 12.2. The smallest absolute Gasteiger partial charge is 0.240 e. The predicted molar refractivity (Wildman–Crippen MR) is 101 cm³/mol. The molecule has 0 fully saturated rings. The van der Waals surface area contributed by atoms with Crippen LogP contribution < -0.4 is 5.32 Å². The third kappa shape index (κ3) is 4.52. The van der Waals surface area contributed by atoms with Crippen molar-refractivity contribution in [2.75, 3.05) is 25.0 Å². The molecule has 2 heterocycles. The van der Waals surface area contributed by atoms with Gasteiger partial charge in [-0.3, -0.25) is 15.0 Å². The predicted octanol–water partition coefficient (Wildman–Crippen LogP) is 3.41. The van der Waals surface area contributed by atoms with Gasteiger partial charge in [-0.2, -0.15) is 0 Å². The van der Waals surface area contributed by atoms with Crippen LogP contribution in [0.5, 0.6) is 5.75 Å². The SMILES string of the molecule is CC(C)(C)c1cc(NC(=O)CN2CC=C(c3ccc(O)cc3)CC2)on1. The summed E-state index contributed by atoms with van der Waals surface area (Å²) in [5, 5.41) is 16.2. The van der Waals surface area contributed by atoms with Gasteiger partial charge in [0.15, 0.2) is 0 Å². The van der Waals surface area contributed by atoms with E-state index in [-0.39, 0.29) is 17.1 Å². The first-order valence-electron chi connectivity index (χ1n) is 8.79. The van der Waals surface area contributed by atoms with Crippen molar-refractivity contribution in [1.29, 1.82) is 0 Å². The third-order valence-corrected chi connectivity index (χ3v) is 4.44. The second kappa shape index (κ2) is 7.33. The largest absolute Gasteiger partial charge is 0.508 e. The third-order valence-electron chi connectivity index (χ3n) is 4.44. The fraction of sp³-hybridized carbons (Fsp3) is 0.400. The van der Waals surface area contributed by atoms with Crippen LogP contribution in [0.2, 0.25) is 0 Å². The Balaban J connectivity index is 1.53. The molecule has 3 rings (SSSR count). The van der Waals surface area contributed by atoms with Crippen molar-refractivity contribution in [2.24, 2.45) is 0 Å². The Morgan fingerprint density at radius 1 is 1.31 bits per heavy atom. The van der Waals surface area contributed by atoms with E-state index in [4.69, 9.17) is 4.52 Å². The van der Waals surface area contributed by atoms with Gasteiger partial charge in [0, 0.05) is 24.6 Å². The molecule has 0 saturated heterocycles. The number of aromatic hydroxyl groups is 1. The van der Waals surface area contributed by atoms with Crippen LogP contribution in [0.15, 0.2) is 40.9 Å². The summed E-state index contributed by atoms with van der Waals surface area (Å²) in [6.45, 7) is 7.97. The number of hydrogen-bond donors (Lipinski definition) is 2. The van der Waals surface area contributed by atoms with E-state index in [1.807, 2.05) is 32.9 Å². The van der Waals surface area contributed by atoms with Crippen LogP contribution in [-0.2, 0) is 10.2 Å². The Morgan fingerprint density at radius 2 is 2.04 bits per heavy atom. The standard InChI is InChI=1S/C20H25N3O3/c1-20(2,3)17-12-19(26-22-17)21-18(25)13-23-10-8-15(9-11-23)14-4-6-16(24)7-5-14/h4-8,12,24H,9-11,13H2,1-3H3,(H,21,25). The van der Waals surface area contributed by atoms with Crippen LogP contribution in [-0.4, -0.2) is 40.7 Å². The molecule has 1 aromatic heterocycles. The average molecular weight is 355 g/mol. The quantitative estimate of drug-likeness (QED) is 0.879. The molecule has 6 heteroatoms. The van der Waals surface area contributed by atoms with Crippen LogP contribution in [0, 0.1) is 0 Å². The summed E-state index contributed by atoms with van der Waals surface area (Å²) in [7, 11) is 0. The van der Waals surface area contributed by atoms with Crippen molar-refractivity contribution < 1.29 is 14.4 Å². The maximum Gasteiger partial charge on any atom is 0.240 e. The first-order chi connectivity index (χ1) is 12.3. The van der Waals surface area contributed by atoms with E-state index in [9.17, 15) is 9.90 Å². The molecule has 0 radical (unpaired) electrons. The Kier molecular flexibility index (Phi) is 5.13. The summed E-state index contributed by atoms with van der Waals surface area (Å²) >= 11 is 0. The highest BCUT2D eigenvalue weighted by molar-refractivity contribution is 5.91. The summed E-state index contributed by atoms with van der Waals surface area (Å²) in [5.41, 5.74) is 3.05. The van der Waals surface area contributed by atoms with Gasteiger partial charge in [-0.25, -0.2) is 0 Å². The molecule has 0 aliphatic carbocycles. The minimum absolute atomic E-state index is 0.108. The second-order valence-corrected chi connectivity index (χ2v) is 7.64. The minimum atomic E-state index is -0.116. The highest BCUT2D eigenvalue weighted by Crippen LogP contribution is 2.25. The van der Waals surface area contributed by atoms with Crippen LogP contribution in [0.3, 0.4) is 0 Å². The van der Waals surface area contributed by atoms with Gasteiger partial charge < -0.3 is 9.63 Å². The number of rotatable bonds is 4. The summed E-state index contributed by atoms with van der Waals surface area (Å²) in [4.78, 5) is 14.3. The van der Waals surface area contributed by atoms with Gasteiger partial charge in [-0.15, -0.1) is 0 Å². The van der Waals surface area contributed by atoms with Gasteiger partial charge in [0.25, 0.3) is 0 Å². The Morgan fingerprint density at radius 3 is 2.62 bits per heavy atom. The first-order valence-corrected chi connectivity index (χ1v) is 8.79. The molecule has 138 valence electrons. The number of amides is 1. The van der Waals surface area contributed by atoms with Crippen LogP contribution in [0.4, 0.5) is 5.88 Å². The lowest BCUT2D eigenvalue weighted by molar-refractivity contribution is -0.117. The van der Waals surface area contributed by atoms with Crippen LogP contribution in [0.1, 0.15) is 38.4 Å². The molecule has 2 aromatic rings. The zero-order valence-electron chi connectivity index (χ0n) is 15.5. The molecule has 1 amide bonds. The summed E-state index contributed by atoms with van der Waals surface area (Å²) < 4.78 is 5.20. The van der Waals surface area contributed by atoms with Crippen LogP contribution >= 0.6 is 0 Å². The molecule has 0 bridgehead atoms. The highest BCUT2D eigenvalue weighted by Gasteiger charge is 2.21. The molecule has 0 saturated carbocycles. The molecule has 1 aliphatic heterocycles. The summed E-state index contributed by atoms with van der Waals surface area (Å²) in [5.74, 6) is 0.547. The summed E-state index contributed by atoms with van der Waals surface area (Å²) in [6.07, 6.45) is 3.00.